The van der Waals surface area contributed by atoms with Gasteiger partial charge in [0, 0.05) is 17.1 Å². The molecule has 0 aliphatic carbocycles. The average Bonchev–Trinajstić information content (AvgIpc) is 3.25. The normalized spacial score (nSPS) is 14.0. The second-order valence-corrected chi connectivity index (χ2v) is 9.51. The third-order valence-electron chi connectivity index (χ3n) is 5.58. The minimum Gasteiger partial charge on any atom is -0.462 e. The molecule has 3 aromatic rings. The van der Waals surface area contributed by atoms with Gasteiger partial charge in [-0.2, -0.15) is 0 Å². The number of esters is 1. The molecule has 0 saturated carbocycles. The van der Waals surface area contributed by atoms with Gasteiger partial charge in [-0.15, -0.1) is 11.3 Å². The van der Waals surface area contributed by atoms with Gasteiger partial charge in [-0.25, -0.2) is 4.79 Å². The molecule has 7 heteroatoms. The van der Waals surface area contributed by atoms with Gasteiger partial charge in [0.2, 0.25) is 0 Å². The molecular weight excluding hydrogens is 450 g/mol. The quantitative estimate of drug-likeness (QED) is 0.303. The number of piperidine rings is 1. The summed E-state index contributed by atoms with van der Waals surface area (Å²) in [6.07, 6.45) is 3.93. The third kappa shape index (κ3) is 6.41. The van der Waals surface area contributed by atoms with E-state index in [1.165, 1.54) is 49.3 Å². The van der Waals surface area contributed by atoms with Crippen LogP contribution in [-0.4, -0.2) is 35.7 Å². The van der Waals surface area contributed by atoms with Crippen molar-refractivity contribution in [3.63, 3.8) is 0 Å². The number of thiophene rings is 1. The van der Waals surface area contributed by atoms with Gasteiger partial charge in [0.1, 0.15) is 5.00 Å². The SMILES string of the molecule is CCOC(=O)c1cc(-c2ccccc2)sc1NC(=S)Nc1ccc(CN2CCCCC2)cc1. The van der Waals surface area contributed by atoms with Gasteiger partial charge in [0.05, 0.1) is 12.2 Å². The van der Waals surface area contributed by atoms with Crippen LogP contribution in [-0.2, 0) is 11.3 Å². The number of hydrogen-bond acceptors (Lipinski definition) is 5. The maximum Gasteiger partial charge on any atom is 0.341 e. The number of hydrogen-bond donors (Lipinski definition) is 2. The Morgan fingerprint density at radius 3 is 2.45 bits per heavy atom. The van der Waals surface area contributed by atoms with Crippen molar-refractivity contribution >= 4 is 45.3 Å². The maximum absolute atomic E-state index is 12.5. The summed E-state index contributed by atoms with van der Waals surface area (Å²) in [4.78, 5) is 16.0. The average molecular weight is 480 g/mol. The highest BCUT2D eigenvalue weighted by Gasteiger charge is 2.19. The third-order valence-corrected chi connectivity index (χ3v) is 6.88. The summed E-state index contributed by atoms with van der Waals surface area (Å²) in [6, 6.07) is 20.2. The zero-order valence-corrected chi connectivity index (χ0v) is 20.4. The van der Waals surface area contributed by atoms with Crippen LogP contribution < -0.4 is 10.6 Å². The van der Waals surface area contributed by atoms with E-state index >= 15 is 0 Å². The van der Waals surface area contributed by atoms with Gasteiger partial charge in [-0.05, 0) is 74.4 Å². The maximum atomic E-state index is 12.5. The minimum absolute atomic E-state index is 0.321. The lowest BCUT2D eigenvalue weighted by Crippen LogP contribution is -2.29. The first-order valence-corrected chi connectivity index (χ1v) is 12.6. The summed E-state index contributed by atoms with van der Waals surface area (Å²) < 4.78 is 5.25. The highest BCUT2D eigenvalue weighted by Crippen LogP contribution is 2.36. The number of likely N-dealkylation sites (tertiary alicyclic amines) is 1. The molecule has 0 amide bonds. The molecule has 1 aliphatic heterocycles. The Balaban J connectivity index is 1.43. The molecule has 0 radical (unpaired) electrons. The van der Waals surface area contributed by atoms with E-state index in [1.54, 1.807) is 6.92 Å². The number of anilines is 2. The van der Waals surface area contributed by atoms with Crippen LogP contribution in [0.3, 0.4) is 0 Å². The van der Waals surface area contributed by atoms with Gasteiger partial charge >= 0.3 is 5.97 Å². The molecule has 0 atom stereocenters. The van der Waals surface area contributed by atoms with Gasteiger partial charge < -0.3 is 15.4 Å². The predicted octanol–water partition coefficient (Wildman–Crippen LogP) is 6.39. The Kier molecular flexibility index (Phi) is 8.10. The monoisotopic (exact) mass is 479 g/mol. The second kappa shape index (κ2) is 11.4. The number of carbonyl (C=O) groups is 1. The molecule has 2 aromatic carbocycles. The first-order chi connectivity index (χ1) is 16.1. The fourth-order valence-electron chi connectivity index (χ4n) is 3.92. The van der Waals surface area contributed by atoms with E-state index in [-0.39, 0.29) is 5.97 Å². The fraction of sp³-hybridized carbons (Fsp3) is 0.308. The zero-order valence-electron chi connectivity index (χ0n) is 18.8. The Labute approximate surface area is 204 Å². The Morgan fingerprint density at radius 2 is 1.76 bits per heavy atom. The van der Waals surface area contributed by atoms with E-state index < -0.39 is 0 Å². The van der Waals surface area contributed by atoms with Crippen LogP contribution in [0.25, 0.3) is 10.4 Å². The second-order valence-electron chi connectivity index (χ2n) is 8.05. The number of thiocarbonyl (C=S) groups is 1. The molecule has 0 spiro atoms. The molecule has 0 bridgehead atoms. The van der Waals surface area contributed by atoms with E-state index in [0.29, 0.717) is 22.3 Å². The van der Waals surface area contributed by atoms with Crippen LogP contribution in [0, 0.1) is 0 Å². The molecule has 2 heterocycles. The van der Waals surface area contributed by atoms with Gasteiger partial charge in [-0.1, -0.05) is 48.9 Å². The van der Waals surface area contributed by atoms with Crippen molar-refractivity contribution in [1.82, 2.24) is 4.90 Å². The van der Waals surface area contributed by atoms with Crippen LogP contribution in [0.5, 0.6) is 0 Å². The number of nitrogens with zero attached hydrogens (tertiary/aromatic N) is 1. The molecule has 172 valence electrons. The van der Waals surface area contributed by atoms with Crippen LogP contribution in [0.4, 0.5) is 10.7 Å². The van der Waals surface area contributed by atoms with Gasteiger partial charge in [0.25, 0.3) is 0 Å². The number of carbonyl (C=O) groups excluding carboxylic acids is 1. The summed E-state index contributed by atoms with van der Waals surface area (Å²) in [5.41, 5.74) is 3.75. The molecule has 5 nitrogen and oxygen atoms in total. The van der Waals surface area contributed by atoms with Gasteiger partial charge in [-0.3, -0.25) is 4.90 Å². The van der Waals surface area contributed by atoms with Crippen molar-refractivity contribution in [3.8, 4) is 10.4 Å². The van der Waals surface area contributed by atoms with Crippen LogP contribution in [0.15, 0.2) is 60.7 Å². The summed E-state index contributed by atoms with van der Waals surface area (Å²) in [5, 5.41) is 7.54. The van der Waals surface area contributed by atoms with Crippen molar-refractivity contribution in [1.29, 1.82) is 0 Å². The highest BCUT2D eigenvalue weighted by molar-refractivity contribution is 7.80. The van der Waals surface area contributed by atoms with Crippen molar-refractivity contribution < 1.29 is 9.53 Å². The predicted molar refractivity (Wildman–Crippen MR) is 141 cm³/mol. The summed E-state index contributed by atoms with van der Waals surface area (Å²) in [7, 11) is 0. The van der Waals surface area contributed by atoms with Crippen molar-refractivity contribution in [2.24, 2.45) is 0 Å². The van der Waals surface area contributed by atoms with Gasteiger partial charge in [0.15, 0.2) is 5.11 Å². The molecule has 1 saturated heterocycles. The lowest BCUT2D eigenvalue weighted by molar-refractivity contribution is 0.0528. The molecule has 4 rings (SSSR count). The standard InChI is InChI=1S/C26H29N3O2S2/c1-2-31-25(30)22-17-23(20-9-5-3-6-10-20)33-24(22)28-26(32)27-21-13-11-19(12-14-21)18-29-15-7-4-8-16-29/h3,5-6,9-14,17H,2,4,7-8,15-16,18H2,1H3,(H2,27,28,32). The molecule has 0 unspecified atom stereocenters. The summed E-state index contributed by atoms with van der Waals surface area (Å²) in [5.74, 6) is -0.358. The van der Waals surface area contributed by atoms with E-state index in [1.807, 2.05) is 48.5 Å². The highest BCUT2D eigenvalue weighted by atomic mass is 32.1. The summed E-state index contributed by atoms with van der Waals surface area (Å²) >= 11 is 7.03. The topological polar surface area (TPSA) is 53.6 Å². The van der Waals surface area contributed by atoms with Crippen LogP contribution in [0.1, 0.15) is 42.1 Å². The Hall–Kier alpha value is -2.74. The number of nitrogens with one attached hydrogen (secondary N) is 2. The van der Waals surface area contributed by atoms with Crippen LogP contribution in [0.2, 0.25) is 0 Å². The Morgan fingerprint density at radius 1 is 1.03 bits per heavy atom. The summed E-state index contributed by atoms with van der Waals surface area (Å²) in [6.45, 7) is 5.48. The molecule has 33 heavy (non-hydrogen) atoms. The number of ether oxygens (including phenoxy) is 1. The van der Waals surface area contributed by atoms with Crippen molar-refractivity contribution in [2.45, 2.75) is 32.7 Å². The molecule has 1 aromatic heterocycles. The van der Waals surface area contributed by atoms with E-state index in [9.17, 15) is 4.79 Å². The van der Waals surface area contributed by atoms with Crippen LogP contribution >= 0.6 is 23.6 Å². The van der Waals surface area contributed by atoms with Crippen molar-refractivity contribution in [3.05, 3.63) is 71.8 Å². The largest absolute Gasteiger partial charge is 0.462 e. The molecule has 2 N–H and O–H groups in total. The smallest absolute Gasteiger partial charge is 0.341 e. The number of rotatable bonds is 7. The van der Waals surface area contributed by atoms with Crippen molar-refractivity contribution in [2.75, 3.05) is 30.3 Å². The minimum atomic E-state index is -0.358. The molecule has 1 aliphatic rings. The van der Waals surface area contributed by atoms with E-state index in [0.717, 1.165) is 22.7 Å². The molecule has 1 fully saturated rings. The Bertz CT molecular complexity index is 1070. The zero-order chi connectivity index (χ0) is 23.0. The first kappa shape index (κ1) is 23.4. The fourth-order valence-corrected chi connectivity index (χ4v) is 5.26. The van der Waals surface area contributed by atoms with E-state index in [4.69, 9.17) is 17.0 Å². The van der Waals surface area contributed by atoms with E-state index in [2.05, 4.69) is 27.7 Å². The number of benzene rings is 2. The first-order valence-electron chi connectivity index (χ1n) is 11.4. The lowest BCUT2D eigenvalue weighted by atomic mass is 10.1. The molecular formula is C26H29N3O2S2. The lowest BCUT2D eigenvalue weighted by Gasteiger charge is -2.26.